The molecule has 0 fully saturated rings. The molecule has 4 aromatic rings. The Morgan fingerprint density at radius 2 is 1.92 bits per heavy atom. The van der Waals surface area contributed by atoms with E-state index in [2.05, 4.69) is 30.5 Å². The molecule has 11 heteroatoms. The van der Waals surface area contributed by atoms with Crippen LogP contribution in [0, 0.1) is 0 Å². The molecular weight excluding hydrogens is 334 g/mol. The summed E-state index contributed by atoms with van der Waals surface area (Å²) in [5.41, 5.74) is 12.5. The highest BCUT2D eigenvalue weighted by molar-refractivity contribution is 6.30. The molecule has 0 bridgehead atoms. The topological polar surface area (TPSA) is 156 Å². The lowest BCUT2D eigenvalue weighted by atomic mass is 10.3. The van der Waals surface area contributed by atoms with E-state index >= 15 is 0 Å². The van der Waals surface area contributed by atoms with Crippen LogP contribution in [-0.2, 0) is 0 Å². The number of aromatic amines is 2. The predicted molar refractivity (Wildman–Crippen MR) is 89.9 cm³/mol. The van der Waals surface area contributed by atoms with Crippen LogP contribution in [0.4, 0.5) is 23.0 Å². The van der Waals surface area contributed by atoms with Crippen molar-refractivity contribution < 1.29 is 0 Å². The van der Waals surface area contributed by atoms with Gasteiger partial charge >= 0.3 is 0 Å². The number of nitrogens with two attached hydrogens (primary N) is 2. The van der Waals surface area contributed by atoms with Crippen LogP contribution in [0.3, 0.4) is 0 Å². The number of azo groups is 1. The van der Waals surface area contributed by atoms with Gasteiger partial charge in [-0.3, -0.25) is 9.89 Å². The lowest BCUT2D eigenvalue weighted by molar-refractivity contribution is 0.951. The van der Waals surface area contributed by atoms with Crippen molar-refractivity contribution in [1.29, 1.82) is 0 Å². The third-order valence-electron chi connectivity index (χ3n) is 3.41. The number of hydrogen-bond acceptors (Lipinski definition) is 7. The quantitative estimate of drug-likeness (QED) is 0.410. The lowest BCUT2D eigenvalue weighted by Gasteiger charge is -1.95. The summed E-state index contributed by atoms with van der Waals surface area (Å²) < 4.78 is 1.36. The third kappa shape index (κ3) is 2.08. The molecule has 0 unspecified atom stereocenters. The van der Waals surface area contributed by atoms with Gasteiger partial charge in [-0.1, -0.05) is 11.6 Å². The first-order chi connectivity index (χ1) is 11.5. The fourth-order valence-corrected chi connectivity index (χ4v) is 2.42. The van der Waals surface area contributed by atoms with Gasteiger partial charge in [0.25, 0.3) is 5.56 Å². The van der Waals surface area contributed by atoms with Crippen molar-refractivity contribution in [3.05, 3.63) is 39.6 Å². The first kappa shape index (κ1) is 14.2. The van der Waals surface area contributed by atoms with Gasteiger partial charge in [0, 0.05) is 5.02 Å². The van der Waals surface area contributed by atoms with Crippen LogP contribution in [0.5, 0.6) is 0 Å². The molecule has 1 aromatic carbocycles. The number of benzene rings is 1. The van der Waals surface area contributed by atoms with Gasteiger partial charge in [-0.15, -0.1) is 10.2 Å². The van der Waals surface area contributed by atoms with Crippen LogP contribution in [0.15, 0.2) is 39.3 Å². The Bertz CT molecular complexity index is 1150. The highest BCUT2D eigenvalue weighted by atomic mass is 35.5. The lowest BCUT2D eigenvalue weighted by Crippen LogP contribution is -2.10. The molecule has 0 radical (unpaired) electrons. The zero-order valence-corrected chi connectivity index (χ0v) is 12.7. The van der Waals surface area contributed by atoms with Gasteiger partial charge in [0.15, 0.2) is 22.8 Å². The molecule has 6 N–H and O–H groups in total. The van der Waals surface area contributed by atoms with E-state index < -0.39 is 5.56 Å². The maximum absolute atomic E-state index is 12.2. The summed E-state index contributed by atoms with van der Waals surface area (Å²) in [6.07, 6.45) is 0. The van der Waals surface area contributed by atoms with Crippen molar-refractivity contribution in [2.45, 2.75) is 0 Å². The average Bonchev–Trinajstić information content (AvgIpc) is 3.08. The molecule has 0 amide bonds. The number of anilines is 2. The molecular formula is C13H10ClN9O. The number of aromatic nitrogens is 5. The number of nitrogens with one attached hydrogen (secondary N) is 2. The summed E-state index contributed by atoms with van der Waals surface area (Å²) in [6, 6.07) is 6.77. The summed E-state index contributed by atoms with van der Waals surface area (Å²) in [7, 11) is 0. The molecule has 3 aromatic heterocycles. The van der Waals surface area contributed by atoms with Gasteiger partial charge < -0.3 is 16.5 Å². The standard InChI is InChI=1S/C13H10ClN9O/c14-5-1-3-6(4-2-5)18-19-8-10(16)22-23-11-7(9(15)20-21-11)13(24)17-12(8)23/h1-4H,(H2,16,22)(H,17,24)(H3,15,20,21). The van der Waals surface area contributed by atoms with Gasteiger partial charge in [0.2, 0.25) is 0 Å². The van der Waals surface area contributed by atoms with E-state index in [9.17, 15) is 4.79 Å². The molecule has 120 valence electrons. The van der Waals surface area contributed by atoms with Crippen LogP contribution in [0.1, 0.15) is 0 Å². The molecule has 10 nitrogen and oxygen atoms in total. The number of rotatable bonds is 2. The molecule has 0 atom stereocenters. The number of nitrogens with zero attached hydrogens (tertiary/aromatic N) is 5. The smallest absolute Gasteiger partial charge is 0.264 e. The Labute approximate surface area is 138 Å². The maximum Gasteiger partial charge on any atom is 0.264 e. The number of hydrogen-bond donors (Lipinski definition) is 4. The molecule has 0 spiro atoms. The second-order valence-corrected chi connectivity index (χ2v) is 5.40. The summed E-state index contributed by atoms with van der Waals surface area (Å²) in [6.45, 7) is 0. The van der Waals surface area contributed by atoms with E-state index in [-0.39, 0.29) is 34.0 Å². The Morgan fingerprint density at radius 1 is 1.17 bits per heavy atom. The summed E-state index contributed by atoms with van der Waals surface area (Å²) in [5.74, 6) is 0.240. The summed E-state index contributed by atoms with van der Waals surface area (Å²) >= 11 is 5.82. The van der Waals surface area contributed by atoms with Gasteiger partial charge in [-0.2, -0.15) is 14.7 Å². The van der Waals surface area contributed by atoms with Crippen LogP contribution in [-0.4, -0.2) is 24.8 Å². The number of H-pyrrole nitrogens is 2. The second kappa shape index (κ2) is 5.06. The second-order valence-electron chi connectivity index (χ2n) is 4.96. The molecule has 0 saturated carbocycles. The van der Waals surface area contributed by atoms with E-state index in [0.29, 0.717) is 10.7 Å². The molecule has 0 aliphatic heterocycles. The van der Waals surface area contributed by atoms with E-state index in [1.54, 1.807) is 24.3 Å². The number of halogens is 1. The van der Waals surface area contributed by atoms with E-state index in [0.717, 1.165) is 0 Å². The fraction of sp³-hybridized carbons (Fsp3) is 0. The van der Waals surface area contributed by atoms with Gasteiger partial charge in [0.05, 0.1) is 5.69 Å². The highest BCUT2D eigenvalue weighted by Gasteiger charge is 2.18. The number of nitrogen functional groups attached to an aromatic ring is 2. The summed E-state index contributed by atoms with van der Waals surface area (Å²) in [5, 5.41) is 19.6. The zero-order valence-electron chi connectivity index (χ0n) is 12.0. The highest BCUT2D eigenvalue weighted by Crippen LogP contribution is 2.29. The largest absolute Gasteiger partial charge is 0.383 e. The van der Waals surface area contributed by atoms with E-state index in [4.69, 9.17) is 23.1 Å². The summed E-state index contributed by atoms with van der Waals surface area (Å²) in [4.78, 5) is 14.8. The minimum Gasteiger partial charge on any atom is -0.383 e. The minimum atomic E-state index is -0.424. The van der Waals surface area contributed by atoms with Crippen LogP contribution in [0.25, 0.3) is 16.7 Å². The monoisotopic (exact) mass is 343 g/mol. The maximum atomic E-state index is 12.2. The molecule has 4 rings (SSSR count). The van der Waals surface area contributed by atoms with E-state index in [1.165, 1.54) is 4.52 Å². The van der Waals surface area contributed by atoms with Gasteiger partial charge in [-0.05, 0) is 24.3 Å². The zero-order chi connectivity index (χ0) is 16.8. The average molecular weight is 344 g/mol. The minimum absolute atomic E-state index is 0.0948. The number of fused-ring (bicyclic) bond motifs is 3. The van der Waals surface area contributed by atoms with Crippen LogP contribution < -0.4 is 17.0 Å². The Morgan fingerprint density at radius 3 is 2.67 bits per heavy atom. The molecule has 24 heavy (non-hydrogen) atoms. The van der Waals surface area contributed by atoms with Crippen LogP contribution >= 0.6 is 11.6 Å². The Kier molecular flexibility index (Phi) is 3.00. The van der Waals surface area contributed by atoms with Crippen molar-refractivity contribution in [2.24, 2.45) is 10.2 Å². The molecule has 0 aliphatic carbocycles. The van der Waals surface area contributed by atoms with Crippen molar-refractivity contribution in [2.75, 3.05) is 11.5 Å². The first-order valence-electron chi connectivity index (χ1n) is 6.76. The van der Waals surface area contributed by atoms with Crippen molar-refractivity contribution >= 4 is 51.3 Å². The molecule has 3 heterocycles. The molecule has 0 saturated heterocycles. The Hall–Kier alpha value is -3.40. The van der Waals surface area contributed by atoms with Gasteiger partial charge in [0.1, 0.15) is 11.2 Å². The SMILES string of the molecule is Nc1nn2c([nH]c(=O)c3c(N)[nH]nc32)c1N=Nc1ccc(Cl)cc1. The Balaban J connectivity index is 1.91. The fourth-order valence-electron chi connectivity index (χ4n) is 2.30. The van der Waals surface area contributed by atoms with Crippen LogP contribution in [0.2, 0.25) is 5.02 Å². The van der Waals surface area contributed by atoms with Gasteiger partial charge in [-0.25, -0.2) is 0 Å². The first-order valence-corrected chi connectivity index (χ1v) is 7.14. The van der Waals surface area contributed by atoms with Crippen molar-refractivity contribution in [1.82, 2.24) is 24.8 Å². The normalized spacial score (nSPS) is 11.9. The van der Waals surface area contributed by atoms with E-state index in [1.807, 2.05) is 0 Å². The third-order valence-corrected chi connectivity index (χ3v) is 3.67. The van der Waals surface area contributed by atoms with Crippen molar-refractivity contribution in [3.63, 3.8) is 0 Å². The predicted octanol–water partition coefficient (Wildman–Crippen LogP) is 2.13. The molecule has 0 aliphatic rings. The van der Waals surface area contributed by atoms with Crippen molar-refractivity contribution in [3.8, 4) is 0 Å².